The first-order chi connectivity index (χ1) is 12.4. The molecule has 138 valence electrons. The number of carbonyl (C=O) groups is 2. The molecule has 2 amide bonds. The molecule has 0 aromatic heterocycles. The van der Waals surface area contributed by atoms with E-state index < -0.39 is 0 Å². The summed E-state index contributed by atoms with van der Waals surface area (Å²) in [4.78, 5) is 26.2. The minimum absolute atomic E-state index is 0.0364. The van der Waals surface area contributed by atoms with Gasteiger partial charge in [-0.05, 0) is 36.0 Å². The zero-order valence-corrected chi connectivity index (χ0v) is 16.1. The van der Waals surface area contributed by atoms with Crippen LogP contribution in [0, 0.1) is 6.92 Å². The van der Waals surface area contributed by atoms with Crippen LogP contribution >= 0.6 is 0 Å². The van der Waals surface area contributed by atoms with Gasteiger partial charge in [0.15, 0.2) is 0 Å². The van der Waals surface area contributed by atoms with Crippen LogP contribution in [0.3, 0.4) is 0 Å². The van der Waals surface area contributed by atoms with Crippen LogP contribution in [0.5, 0.6) is 0 Å². The molecule has 0 fully saturated rings. The predicted molar refractivity (Wildman–Crippen MR) is 106 cm³/mol. The summed E-state index contributed by atoms with van der Waals surface area (Å²) in [6.45, 7) is 8.26. The highest BCUT2D eigenvalue weighted by Gasteiger charge is 2.21. The number of nitrogens with one attached hydrogen (secondary N) is 1. The lowest BCUT2D eigenvalue weighted by molar-refractivity contribution is -0.123. The van der Waals surface area contributed by atoms with Crippen molar-refractivity contribution in [3.63, 3.8) is 0 Å². The highest BCUT2D eigenvalue weighted by molar-refractivity contribution is 5.98. The van der Waals surface area contributed by atoms with Gasteiger partial charge in [0.1, 0.15) is 6.54 Å². The number of amides is 2. The van der Waals surface area contributed by atoms with Crippen molar-refractivity contribution in [2.24, 2.45) is 0 Å². The molecule has 0 heterocycles. The predicted octanol–water partition coefficient (Wildman–Crippen LogP) is 3.83. The van der Waals surface area contributed by atoms with Crippen LogP contribution in [0.4, 0.5) is 5.69 Å². The Morgan fingerprint density at radius 3 is 2.35 bits per heavy atom. The van der Waals surface area contributed by atoms with Crippen molar-refractivity contribution in [3.05, 3.63) is 65.2 Å². The molecule has 4 nitrogen and oxygen atoms in total. The monoisotopic (exact) mass is 352 g/mol. The topological polar surface area (TPSA) is 49.4 Å². The third-order valence-corrected chi connectivity index (χ3v) is 4.42. The molecule has 0 bridgehead atoms. The Hall–Kier alpha value is -2.62. The highest BCUT2D eigenvalue weighted by Crippen LogP contribution is 2.30. The summed E-state index contributed by atoms with van der Waals surface area (Å²) < 4.78 is 0. The van der Waals surface area contributed by atoms with Crippen molar-refractivity contribution in [1.29, 1.82) is 0 Å². The van der Waals surface area contributed by atoms with E-state index in [4.69, 9.17) is 0 Å². The van der Waals surface area contributed by atoms with Gasteiger partial charge in [0.05, 0.1) is 5.69 Å². The van der Waals surface area contributed by atoms with Crippen LogP contribution in [-0.4, -0.2) is 24.9 Å². The Morgan fingerprint density at radius 1 is 1.04 bits per heavy atom. The molecule has 0 radical (unpaired) electrons. The fourth-order valence-electron chi connectivity index (χ4n) is 3.05. The maximum Gasteiger partial charge on any atom is 0.240 e. The Balaban J connectivity index is 2.07. The maximum absolute atomic E-state index is 12.4. The average Bonchev–Trinajstić information content (AvgIpc) is 2.60. The fraction of sp³-hybridized carbons (Fsp3) is 0.364. The summed E-state index contributed by atoms with van der Waals surface area (Å²) >= 11 is 0. The zero-order chi connectivity index (χ0) is 19.1. The molecule has 0 spiro atoms. The number of nitrogens with zero attached hydrogens (tertiary/aromatic N) is 1. The molecule has 0 aliphatic carbocycles. The van der Waals surface area contributed by atoms with Gasteiger partial charge < -0.3 is 10.2 Å². The minimum Gasteiger partial charge on any atom is -0.354 e. The normalized spacial score (nSPS) is 10.7. The molecule has 0 unspecified atom stereocenters. The van der Waals surface area contributed by atoms with E-state index in [1.807, 2.05) is 55.5 Å². The van der Waals surface area contributed by atoms with E-state index in [9.17, 15) is 9.59 Å². The Morgan fingerprint density at radius 2 is 1.73 bits per heavy atom. The largest absolute Gasteiger partial charge is 0.354 e. The Bertz CT molecular complexity index is 754. The van der Waals surface area contributed by atoms with Gasteiger partial charge in [-0.2, -0.15) is 0 Å². The molecule has 2 rings (SSSR count). The molecule has 0 atom stereocenters. The maximum atomic E-state index is 12.4. The van der Waals surface area contributed by atoms with Gasteiger partial charge >= 0.3 is 0 Å². The van der Waals surface area contributed by atoms with Crippen LogP contribution in [-0.2, 0) is 16.0 Å². The summed E-state index contributed by atoms with van der Waals surface area (Å²) in [6.07, 6.45) is 0.772. The molecule has 4 heteroatoms. The second-order valence-electron chi connectivity index (χ2n) is 6.86. The number of anilines is 1. The summed E-state index contributed by atoms with van der Waals surface area (Å²) in [6, 6.07) is 16.0. The molecule has 2 aromatic carbocycles. The summed E-state index contributed by atoms with van der Waals surface area (Å²) in [5.41, 5.74) is 4.12. The first-order valence-electron chi connectivity index (χ1n) is 9.08. The zero-order valence-electron chi connectivity index (χ0n) is 16.1. The van der Waals surface area contributed by atoms with E-state index in [1.54, 1.807) is 4.90 Å². The molecule has 0 saturated heterocycles. The quantitative estimate of drug-likeness (QED) is 0.823. The smallest absolute Gasteiger partial charge is 0.240 e. The summed E-state index contributed by atoms with van der Waals surface area (Å²) in [7, 11) is 0. The van der Waals surface area contributed by atoms with E-state index in [0.717, 1.165) is 23.2 Å². The van der Waals surface area contributed by atoms with Crippen LogP contribution in [0.2, 0.25) is 0 Å². The van der Waals surface area contributed by atoms with Gasteiger partial charge in [-0.15, -0.1) is 0 Å². The summed E-state index contributed by atoms with van der Waals surface area (Å²) in [5.74, 6) is 0.00129. The van der Waals surface area contributed by atoms with Crippen LogP contribution in [0.25, 0.3) is 0 Å². The lowest BCUT2D eigenvalue weighted by Gasteiger charge is -2.27. The average molecular weight is 352 g/mol. The number of hydrogen-bond donors (Lipinski definition) is 1. The number of benzene rings is 2. The van der Waals surface area contributed by atoms with Crippen molar-refractivity contribution >= 4 is 17.5 Å². The number of carbonyl (C=O) groups excluding carboxylic acids is 2. The van der Waals surface area contributed by atoms with Crippen molar-refractivity contribution in [2.45, 2.75) is 40.0 Å². The van der Waals surface area contributed by atoms with E-state index in [-0.39, 0.29) is 24.3 Å². The summed E-state index contributed by atoms with van der Waals surface area (Å²) in [5, 5.41) is 2.92. The molecular formula is C22H28N2O2. The lowest BCUT2D eigenvalue weighted by atomic mass is 9.97. The van der Waals surface area contributed by atoms with Crippen molar-refractivity contribution in [2.75, 3.05) is 18.0 Å². The standard InChI is InChI=1S/C22H28N2O2/c1-16(2)20-12-8-9-17(3)22(20)24(18(4)25)15-21(26)23-14-13-19-10-6-5-7-11-19/h5-12,16H,13-15H2,1-4H3,(H,23,26). The van der Waals surface area contributed by atoms with E-state index in [2.05, 4.69) is 19.2 Å². The SMILES string of the molecule is CC(=O)N(CC(=O)NCCc1ccccc1)c1c(C)cccc1C(C)C. The van der Waals surface area contributed by atoms with E-state index >= 15 is 0 Å². The molecule has 1 N–H and O–H groups in total. The lowest BCUT2D eigenvalue weighted by Crippen LogP contribution is -2.41. The van der Waals surface area contributed by atoms with Gasteiger partial charge in [0.2, 0.25) is 11.8 Å². The third kappa shape index (κ3) is 5.19. The van der Waals surface area contributed by atoms with Crippen LogP contribution in [0.15, 0.2) is 48.5 Å². The Labute approximate surface area is 156 Å². The molecule has 26 heavy (non-hydrogen) atoms. The van der Waals surface area contributed by atoms with Gasteiger partial charge in [-0.1, -0.05) is 62.4 Å². The highest BCUT2D eigenvalue weighted by atomic mass is 16.2. The fourth-order valence-corrected chi connectivity index (χ4v) is 3.05. The molecule has 0 aliphatic heterocycles. The molecule has 2 aromatic rings. The second-order valence-corrected chi connectivity index (χ2v) is 6.86. The third-order valence-electron chi connectivity index (χ3n) is 4.42. The van der Waals surface area contributed by atoms with Crippen molar-refractivity contribution < 1.29 is 9.59 Å². The number of para-hydroxylation sites is 1. The first kappa shape index (κ1) is 19.7. The molecule has 0 saturated carbocycles. The van der Waals surface area contributed by atoms with Crippen LogP contribution in [0.1, 0.15) is 43.4 Å². The van der Waals surface area contributed by atoms with Gasteiger partial charge in [-0.25, -0.2) is 0 Å². The number of aryl methyl sites for hydroxylation is 1. The molecular weight excluding hydrogens is 324 g/mol. The van der Waals surface area contributed by atoms with Gasteiger partial charge in [0.25, 0.3) is 0 Å². The minimum atomic E-state index is -0.144. The van der Waals surface area contributed by atoms with Crippen LogP contribution < -0.4 is 10.2 Å². The first-order valence-corrected chi connectivity index (χ1v) is 9.08. The van der Waals surface area contributed by atoms with Crippen molar-refractivity contribution in [3.8, 4) is 0 Å². The van der Waals surface area contributed by atoms with Gasteiger partial charge in [-0.3, -0.25) is 9.59 Å². The Kier molecular flexibility index (Phi) is 6.96. The second kappa shape index (κ2) is 9.18. The van der Waals surface area contributed by atoms with Crippen molar-refractivity contribution in [1.82, 2.24) is 5.32 Å². The van der Waals surface area contributed by atoms with Gasteiger partial charge in [0, 0.05) is 13.5 Å². The number of rotatable bonds is 7. The molecule has 0 aliphatic rings. The van der Waals surface area contributed by atoms with E-state index in [1.165, 1.54) is 12.5 Å². The van der Waals surface area contributed by atoms with E-state index in [0.29, 0.717) is 6.54 Å². The number of hydrogen-bond acceptors (Lipinski definition) is 2.